The maximum absolute atomic E-state index is 12.5. The summed E-state index contributed by atoms with van der Waals surface area (Å²) >= 11 is 0. The van der Waals surface area contributed by atoms with Gasteiger partial charge in [-0.05, 0) is 36.4 Å². The minimum atomic E-state index is -0.198. The molecule has 4 rings (SSSR count). The van der Waals surface area contributed by atoms with Crippen molar-refractivity contribution in [1.29, 1.82) is 0 Å². The molecule has 34 heavy (non-hydrogen) atoms. The van der Waals surface area contributed by atoms with E-state index in [1.165, 1.54) is 0 Å². The highest BCUT2D eigenvalue weighted by Crippen LogP contribution is 2.26. The molecule has 0 atom stereocenters. The van der Waals surface area contributed by atoms with Gasteiger partial charge in [-0.25, -0.2) is 4.98 Å². The molecule has 2 heterocycles. The van der Waals surface area contributed by atoms with Crippen LogP contribution in [0.25, 0.3) is 0 Å². The number of anilines is 2. The number of hydrogen-bond acceptors (Lipinski definition) is 7. The molecule has 1 aliphatic heterocycles. The topological polar surface area (TPSA) is 76.2 Å². The summed E-state index contributed by atoms with van der Waals surface area (Å²) in [5.74, 6) is 2.98. The molecule has 2 aromatic carbocycles. The molecule has 1 saturated heterocycles. The predicted molar refractivity (Wildman–Crippen MR) is 132 cm³/mol. The van der Waals surface area contributed by atoms with Crippen molar-refractivity contribution in [3.63, 3.8) is 0 Å². The number of hydrogen-bond donors (Lipinski definition) is 1. The van der Waals surface area contributed by atoms with Crippen LogP contribution >= 0.6 is 0 Å². The third kappa shape index (κ3) is 5.58. The largest absolute Gasteiger partial charge is 0.497 e. The van der Waals surface area contributed by atoms with E-state index in [1.54, 1.807) is 51.8 Å². The van der Waals surface area contributed by atoms with Crippen molar-refractivity contribution >= 4 is 17.4 Å². The van der Waals surface area contributed by atoms with Crippen LogP contribution in [0.3, 0.4) is 0 Å². The Hall–Kier alpha value is -3.78. The molecule has 0 aliphatic carbocycles. The van der Waals surface area contributed by atoms with Gasteiger partial charge in [-0.2, -0.15) is 0 Å². The molecule has 0 unspecified atom stereocenters. The molecule has 0 bridgehead atoms. The van der Waals surface area contributed by atoms with Gasteiger partial charge >= 0.3 is 0 Å². The van der Waals surface area contributed by atoms with Crippen LogP contribution in [-0.2, 0) is 6.54 Å². The number of carbonyl (C=O) groups is 1. The summed E-state index contributed by atoms with van der Waals surface area (Å²) in [4.78, 5) is 21.7. The van der Waals surface area contributed by atoms with Gasteiger partial charge in [0, 0.05) is 49.9 Å². The maximum Gasteiger partial charge on any atom is 0.255 e. The number of piperazine rings is 1. The van der Waals surface area contributed by atoms with Crippen molar-refractivity contribution in [2.24, 2.45) is 0 Å². The van der Waals surface area contributed by atoms with Gasteiger partial charge in [-0.3, -0.25) is 9.69 Å². The van der Waals surface area contributed by atoms with Gasteiger partial charge in [0.05, 0.1) is 33.2 Å². The van der Waals surface area contributed by atoms with Crippen molar-refractivity contribution in [1.82, 2.24) is 9.88 Å². The Kier molecular flexibility index (Phi) is 7.49. The zero-order valence-corrected chi connectivity index (χ0v) is 19.8. The average molecular weight is 463 g/mol. The number of amides is 1. The molecule has 1 aliphatic rings. The molecular formula is C26H30N4O4. The standard InChI is InChI=1S/C26H30N4O4/c1-32-22-6-4-5-19(15-22)26(31)28-21-8-10-25(27-17-21)30-13-11-29(12-14-30)18-20-7-9-23(33-2)16-24(20)34-3/h4-10,15-17H,11-14,18H2,1-3H3,(H,28,31). The Morgan fingerprint density at radius 2 is 1.68 bits per heavy atom. The van der Waals surface area contributed by atoms with E-state index in [9.17, 15) is 4.79 Å². The summed E-state index contributed by atoms with van der Waals surface area (Å²) in [6.07, 6.45) is 1.70. The highest BCUT2D eigenvalue weighted by molar-refractivity contribution is 6.04. The summed E-state index contributed by atoms with van der Waals surface area (Å²) in [6.45, 7) is 4.42. The van der Waals surface area contributed by atoms with Gasteiger partial charge in [-0.15, -0.1) is 0 Å². The molecule has 8 nitrogen and oxygen atoms in total. The molecule has 178 valence electrons. The minimum absolute atomic E-state index is 0.198. The van der Waals surface area contributed by atoms with Crippen molar-refractivity contribution in [3.05, 3.63) is 71.9 Å². The maximum atomic E-state index is 12.5. The normalized spacial score (nSPS) is 13.9. The Balaban J connectivity index is 1.31. The zero-order valence-electron chi connectivity index (χ0n) is 19.8. The van der Waals surface area contributed by atoms with Gasteiger partial charge in [0.2, 0.25) is 0 Å². The lowest BCUT2D eigenvalue weighted by Crippen LogP contribution is -2.46. The molecule has 0 spiro atoms. The van der Waals surface area contributed by atoms with Gasteiger partial charge in [0.25, 0.3) is 5.91 Å². The summed E-state index contributed by atoms with van der Waals surface area (Å²) in [5.41, 5.74) is 2.33. The summed E-state index contributed by atoms with van der Waals surface area (Å²) < 4.78 is 16.0. The lowest BCUT2D eigenvalue weighted by molar-refractivity contribution is 0.102. The van der Waals surface area contributed by atoms with E-state index in [4.69, 9.17) is 14.2 Å². The van der Waals surface area contributed by atoms with Crippen molar-refractivity contribution in [2.75, 3.05) is 57.7 Å². The Labute approximate surface area is 200 Å². The molecular weight excluding hydrogens is 432 g/mol. The van der Waals surface area contributed by atoms with Crippen LogP contribution < -0.4 is 24.4 Å². The fourth-order valence-electron chi connectivity index (χ4n) is 3.97. The predicted octanol–water partition coefficient (Wildman–Crippen LogP) is 3.68. The number of benzene rings is 2. The number of rotatable bonds is 8. The van der Waals surface area contributed by atoms with Crippen molar-refractivity contribution in [2.45, 2.75) is 6.54 Å². The molecule has 1 N–H and O–H groups in total. The fraction of sp³-hybridized carbons (Fsp3) is 0.308. The summed E-state index contributed by atoms with van der Waals surface area (Å²) in [5, 5.41) is 2.89. The van der Waals surface area contributed by atoms with E-state index in [0.717, 1.165) is 55.6 Å². The Bertz CT molecular complexity index is 1110. The molecule has 0 radical (unpaired) electrons. The summed E-state index contributed by atoms with van der Waals surface area (Å²) in [7, 11) is 4.92. The number of pyridine rings is 1. The van der Waals surface area contributed by atoms with E-state index < -0.39 is 0 Å². The van der Waals surface area contributed by atoms with E-state index in [1.807, 2.05) is 24.3 Å². The third-order valence-corrected chi connectivity index (χ3v) is 5.92. The van der Waals surface area contributed by atoms with Crippen molar-refractivity contribution < 1.29 is 19.0 Å². The minimum Gasteiger partial charge on any atom is -0.497 e. The van der Waals surface area contributed by atoms with Crippen LogP contribution in [-0.4, -0.2) is 63.3 Å². The third-order valence-electron chi connectivity index (χ3n) is 5.92. The van der Waals surface area contributed by atoms with Gasteiger partial charge in [-0.1, -0.05) is 12.1 Å². The van der Waals surface area contributed by atoms with Crippen LogP contribution in [0.4, 0.5) is 11.5 Å². The highest BCUT2D eigenvalue weighted by atomic mass is 16.5. The fourth-order valence-corrected chi connectivity index (χ4v) is 3.97. The van der Waals surface area contributed by atoms with Gasteiger partial charge in [0.1, 0.15) is 23.1 Å². The smallest absolute Gasteiger partial charge is 0.255 e. The first kappa shape index (κ1) is 23.4. The first-order chi connectivity index (χ1) is 16.6. The van der Waals surface area contributed by atoms with Crippen molar-refractivity contribution in [3.8, 4) is 17.2 Å². The van der Waals surface area contributed by atoms with Gasteiger partial charge < -0.3 is 24.4 Å². The second-order valence-corrected chi connectivity index (χ2v) is 8.03. The lowest BCUT2D eigenvalue weighted by Gasteiger charge is -2.35. The number of aromatic nitrogens is 1. The average Bonchev–Trinajstić information content (AvgIpc) is 2.90. The Morgan fingerprint density at radius 3 is 2.35 bits per heavy atom. The summed E-state index contributed by atoms with van der Waals surface area (Å²) in [6, 6.07) is 16.8. The van der Waals surface area contributed by atoms with Crippen LogP contribution in [0, 0.1) is 0 Å². The number of nitrogens with zero attached hydrogens (tertiary/aromatic N) is 3. The first-order valence-corrected chi connectivity index (χ1v) is 11.2. The molecule has 1 fully saturated rings. The first-order valence-electron chi connectivity index (χ1n) is 11.2. The van der Waals surface area contributed by atoms with E-state index in [-0.39, 0.29) is 5.91 Å². The monoisotopic (exact) mass is 462 g/mol. The number of carbonyl (C=O) groups excluding carboxylic acids is 1. The zero-order chi connectivity index (χ0) is 23.9. The molecule has 0 saturated carbocycles. The molecule has 1 amide bonds. The van der Waals surface area contributed by atoms with Crippen LogP contribution in [0.5, 0.6) is 17.2 Å². The van der Waals surface area contributed by atoms with Crippen LogP contribution in [0.2, 0.25) is 0 Å². The number of nitrogens with one attached hydrogen (secondary N) is 1. The molecule has 1 aromatic heterocycles. The molecule has 8 heteroatoms. The molecule has 3 aromatic rings. The van der Waals surface area contributed by atoms with E-state index in [2.05, 4.69) is 26.2 Å². The second kappa shape index (κ2) is 10.9. The Morgan fingerprint density at radius 1 is 0.912 bits per heavy atom. The van der Waals surface area contributed by atoms with Gasteiger partial charge in [0.15, 0.2) is 0 Å². The quantitative estimate of drug-likeness (QED) is 0.547. The highest BCUT2D eigenvalue weighted by Gasteiger charge is 2.19. The number of ether oxygens (including phenoxy) is 3. The van der Waals surface area contributed by atoms with E-state index >= 15 is 0 Å². The SMILES string of the molecule is COc1cccc(C(=O)Nc2ccc(N3CCN(Cc4ccc(OC)cc4OC)CC3)nc2)c1. The second-order valence-electron chi connectivity index (χ2n) is 8.03. The lowest BCUT2D eigenvalue weighted by atomic mass is 10.1. The number of methoxy groups -OCH3 is 3. The van der Waals surface area contributed by atoms with E-state index in [0.29, 0.717) is 17.0 Å². The van der Waals surface area contributed by atoms with Crippen LogP contribution in [0.15, 0.2) is 60.8 Å². The van der Waals surface area contributed by atoms with Crippen LogP contribution in [0.1, 0.15) is 15.9 Å².